The molecule has 1 atom stereocenters. The first kappa shape index (κ1) is 24.5. The van der Waals surface area contributed by atoms with Crippen molar-refractivity contribution in [2.45, 2.75) is 32.7 Å². The second kappa shape index (κ2) is 10.1. The molecule has 4 N–H and O–H groups in total. The molecule has 0 bridgehead atoms. The molecule has 4 aromatic rings. The van der Waals surface area contributed by atoms with Crippen molar-refractivity contribution >= 4 is 16.8 Å². The maximum atomic E-state index is 14.2. The lowest BCUT2D eigenvalue weighted by Crippen LogP contribution is -2.33. The van der Waals surface area contributed by atoms with Crippen LogP contribution in [-0.4, -0.2) is 34.1 Å². The first-order valence-corrected chi connectivity index (χ1v) is 12.4. The van der Waals surface area contributed by atoms with Gasteiger partial charge in [-0.25, -0.2) is 9.37 Å². The van der Waals surface area contributed by atoms with Crippen LogP contribution in [0.1, 0.15) is 58.8 Å². The molecular weight excluding hydrogens is 467 g/mol. The Balaban J connectivity index is 1.49. The zero-order valence-corrected chi connectivity index (χ0v) is 20.9. The van der Waals surface area contributed by atoms with Gasteiger partial charge in [0.25, 0.3) is 5.91 Å². The Kier molecular flexibility index (Phi) is 6.68. The van der Waals surface area contributed by atoms with Gasteiger partial charge in [-0.05, 0) is 87.6 Å². The summed E-state index contributed by atoms with van der Waals surface area (Å²) < 4.78 is 14.2. The van der Waals surface area contributed by atoms with Crippen molar-refractivity contribution in [2.75, 3.05) is 13.1 Å². The number of carbonyl (C=O) groups excluding carboxylic acids is 1. The van der Waals surface area contributed by atoms with Gasteiger partial charge in [-0.3, -0.25) is 4.79 Å². The van der Waals surface area contributed by atoms with E-state index >= 15 is 0 Å². The van der Waals surface area contributed by atoms with Crippen LogP contribution >= 0.6 is 0 Å². The highest BCUT2D eigenvalue weighted by Crippen LogP contribution is 2.32. The smallest absolute Gasteiger partial charge is 0.270 e. The normalized spacial score (nSPS) is 15.5. The highest BCUT2D eigenvalue weighted by Gasteiger charge is 2.25. The van der Waals surface area contributed by atoms with E-state index in [1.165, 1.54) is 18.2 Å². The topological polar surface area (TPSA) is 90.0 Å². The van der Waals surface area contributed by atoms with Crippen molar-refractivity contribution in [2.24, 2.45) is 5.41 Å². The number of benzene rings is 2. The molecule has 0 spiro atoms. The molecule has 2 aromatic carbocycles. The van der Waals surface area contributed by atoms with Gasteiger partial charge < -0.3 is 20.7 Å². The van der Waals surface area contributed by atoms with Crippen LogP contribution in [0.3, 0.4) is 0 Å². The number of halogens is 1. The molecule has 1 aliphatic heterocycles. The number of H-pyrrole nitrogens is 1. The zero-order chi connectivity index (χ0) is 26.0. The lowest BCUT2D eigenvalue weighted by molar-refractivity contribution is 0.0936. The van der Waals surface area contributed by atoms with Gasteiger partial charge in [-0.15, -0.1) is 0 Å². The second-order valence-electron chi connectivity index (χ2n) is 9.86. The molecule has 0 aliphatic carbocycles. The number of amides is 1. The number of aromatic nitrogens is 2. The van der Waals surface area contributed by atoms with Gasteiger partial charge >= 0.3 is 0 Å². The molecule has 1 saturated heterocycles. The Bertz CT molecular complexity index is 1490. The van der Waals surface area contributed by atoms with Crippen LogP contribution in [-0.2, 0) is 0 Å². The lowest BCUT2D eigenvalue weighted by Gasteiger charge is -2.28. The van der Waals surface area contributed by atoms with Crippen molar-refractivity contribution in [1.82, 2.24) is 20.6 Å². The number of nitrogens with zero attached hydrogens (tertiary/aromatic N) is 1. The Morgan fingerprint density at radius 3 is 2.70 bits per heavy atom. The SMILES string of the molecule is Cc1cc(C#CC2(C)CCNCC2)cc(C(=O)NC(c2cc3ccccc3[nH]2)c2cc(F)ccc2O)n1. The average molecular weight is 497 g/mol. The number of aromatic amines is 1. The molecule has 37 heavy (non-hydrogen) atoms. The van der Waals surface area contributed by atoms with Crippen LogP contribution in [0, 0.1) is 30.0 Å². The maximum absolute atomic E-state index is 14.2. The van der Waals surface area contributed by atoms with Gasteiger partial charge in [0, 0.05) is 33.4 Å². The first-order chi connectivity index (χ1) is 17.8. The summed E-state index contributed by atoms with van der Waals surface area (Å²) in [4.78, 5) is 21.2. The van der Waals surface area contributed by atoms with E-state index in [1.54, 1.807) is 6.07 Å². The summed E-state index contributed by atoms with van der Waals surface area (Å²) in [5.41, 5.74) is 3.24. The Hall–Kier alpha value is -4.15. The molecule has 7 heteroatoms. The number of piperidine rings is 1. The van der Waals surface area contributed by atoms with Crippen LogP contribution in [0.5, 0.6) is 5.75 Å². The average Bonchev–Trinajstić information content (AvgIpc) is 3.32. The minimum atomic E-state index is -0.832. The number of rotatable bonds is 4. The van der Waals surface area contributed by atoms with Gasteiger partial charge in [0.15, 0.2) is 0 Å². The van der Waals surface area contributed by atoms with E-state index in [-0.39, 0.29) is 22.4 Å². The van der Waals surface area contributed by atoms with Crippen molar-refractivity contribution in [3.63, 3.8) is 0 Å². The number of aryl methyl sites for hydroxylation is 1. The van der Waals surface area contributed by atoms with Crippen molar-refractivity contribution in [3.8, 4) is 17.6 Å². The van der Waals surface area contributed by atoms with Crippen LogP contribution in [0.15, 0.2) is 60.7 Å². The number of pyridine rings is 1. The van der Waals surface area contributed by atoms with E-state index < -0.39 is 17.8 Å². The summed E-state index contributed by atoms with van der Waals surface area (Å²) in [6.45, 7) is 5.87. The van der Waals surface area contributed by atoms with Gasteiger partial charge in [-0.1, -0.05) is 30.0 Å². The summed E-state index contributed by atoms with van der Waals surface area (Å²) in [5, 5.41) is 17.8. The number of para-hydroxylation sites is 1. The van der Waals surface area contributed by atoms with Crippen molar-refractivity contribution in [1.29, 1.82) is 0 Å². The fraction of sp³-hybridized carbons (Fsp3) is 0.267. The molecule has 1 aliphatic rings. The summed E-state index contributed by atoms with van der Waals surface area (Å²) in [6.07, 6.45) is 1.95. The third-order valence-electron chi connectivity index (χ3n) is 6.84. The number of hydrogen-bond donors (Lipinski definition) is 4. The predicted molar refractivity (Wildman–Crippen MR) is 142 cm³/mol. The highest BCUT2D eigenvalue weighted by molar-refractivity contribution is 5.93. The third kappa shape index (κ3) is 5.50. The molecule has 6 nitrogen and oxygen atoms in total. The van der Waals surface area contributed by atoms with Crippen LogP contribution < -0.4 is 10.6 Å². The van der Waals surface area contributed by atoms with Gasteiger partial charge in [0.2, 0.25) is 0 Å². The molecule has 1 unspecified atom stereocenters. The van der Waals surface area contributed by atoms with E-state index in [4.69, 9.17) is 0 Å². The van der Waals surface area contributed by atoms with Gasteiger partial charge in [-0.2, -0.15) is 0 Å². The van der Waals surface area contributed by atoms with Crippen molar-refractivity contribution < 1.29 is 14.3 Å². The molecule has 2 aromatic heterocycles. The number of aromatic hydroxyl groups is 1. The number of phenols is 1. The minimum absolute atomic E-state index is 0.0690. The molecule has 188 valence electrons. The van der Waals surface area contributed by atoms with E-state index in [1.807, 2.05) is 43.3 Å². The van der Waals surface area contributed by atoms with Gasteiger partial charge in [0.05, 0.1) is 6.04 Å². The molecule has 1 amide bonds. The lowest BCUT2D eigenvalue weighted by atomic mass is 9.81. The quantitative estimate of drug-likeness (QED) is 0.300. The Morgan fingerprint density at radius 2 is 1.92 bits per heavy atom. The zero-order valence-electron chi connectivity index (χ0n) is 20.9. The highest BCUT2D eigenvalue weighted by atomic mass is 19.1. The fourth-order valence-electron chi connectivity index (χ4n) is 4.72. The van der Waals surface area contributed by atoms with Crippen LogP contribution in [0.4, 0.5) is 4.39 Å². The number of phenolic OH excluding ortho intramolecular Hbond substituents is 1. The van der Waals surface area contributed by atoms with E-state index in [9.17, 15) is 14.3 Å². The third-order valence-corrected chi connectivity index (χ3v) is 6.84. The maximum Gasteiger partial charge on any atom is 0.270 e. The van der Waals surface area contributed by atoms with Gasteiger partial charge in [0.1, 0.15) is 17.3 Å². The Morgan fingerprint density at radius 1 is 1.14 bits per heavy atom. The molecule has 1 fully saturated rings. The van der Waals surface area contributed by atoms with Crippen LogP contribution in [0.25, 0.3) is 10.9 Å². The minimum Gasteiger partial charge on any atom is -0.508 e. The Labute approximate surface area is 215 Å². The number of hydrogen-bond acceptors (Lipinski definition) is 4. The fourth-order valence-corrected chi connectivity index (χ4v) is 4.72. The standard InChI is InChI=1S/C30H29FN4O2/c1-19-15-20(9-10-30(2)11-13-32-14-12-30)16-26(33-19)29(37)35-28(23-18-22(31)7-8-27(23)36)25-17-21-5-3-4-6-24(21)34-25/h3-8,15-18,28,32,34,36H,11-14H2,1-2H3,(H,35,37). The molecule has 0 radical (unpaired) electrons. The first-order valence-electron chi connectivity index (χ1n) is 12.4. The molecular formula is C30H29FN4O2. The monoisotopic (exact) mass is 496 g/mol. The molecule has 5 rings (SSSR count). The molecule has 0 saturated carbocycles. The van der Waals surface area contributed by atoms with E-state index in [0.717, 1.165) is 36.8 Å². The predicted octanol–water partition coefficient (Wildman–Crippen LogP) is 4.98. The van der Waals surface area contributed by atoms with Crippen LogP contribution in [0.2, 0.25) is 0 Å². The number of nitrogens with one attached hydrogen (secondary N) is 3. The largest absolute Gasteiger partial charge is 0.508 e. The molecule has 3 heterocycles. The second-order valence-corrected chi connectivity index (χ2v) is 9.86. The van der Waals surface area contributed by atoms with Crippen molar-refractivity contribution in [3.05, 3.63) is 94.7 Å². The number of fused-ring (bicyclic) bond motifs is 1. The van der Waals surface area contributed by atoms with E-state index in [2.05, 4.69) is 39.4 Å². The van der Waals surface area contributed by atoms with E-state index in [0.29, 0.717) is 17.0 Å². The summed E-state index contributed by atoms with van der Waals surface area (Å²) in [7, 11) is 0. The summed E-state index contributed by atoms with van der Waals surface area (Å²) >= 11 is 0. The summed E-state index contributed by atoms with van der Waals surface area (Å²) in [5.74, 6) is 5.56. The summed E-state index contributed by atoms with van der Waals surface area (Å²) in [6, 6.07) is 15.9. The number of carbonyl (C=O) groups is 1.